The van der Waals surface area contributed by atoms with Gasteiger partial charge < -0.3 is 21.8 Å². The average Bonchev–Trinajstić information content (AvgIpc) is 2.26. The summed E-state index contributed by atoms with van der Waals surface area (Å²) in [5.74, 6) is 0. The largest absolute Gasteiger partial charge is 0.437 e. The molecule has 0 N–H and O–H groups in total. The minimum atomic E-state index is -2.28. The van der Waals surface area contributed by atoms with Gasteiger partial charge in [-0.2, -0.15) is 0 Å². The highest BCUT2D eigenvalue weighted by atomic mass is 28.5. The molecule has 1 atom stereocenters. The number of ether oxygens (including phenoxy) is 2. The second-order valence-electron chi connectivity index (χ2n) is 8.77. The van der Waals surface area contributed by atoms with E-state index < -0.39 is 33.8 Å². The number of hydrogen-bond acceptors (Lipinski definition) is 5. The lowest BCUT2D eigenvalue weighted by Crippen LogP contribution is -2.56. The molecule has 0 spiro atoms. The van der Waals surface area contributed by atoms with Crippen molar-refractivity contribution in [2.24, 2.45) is 0 Å². The molecule has 170 valence electrons. The van der Waals surface area contributed by atoms with Gasteiger partial charge in [0.05, 0.1) is 13.2 Å². The molecule has 0 aliphatic heterocycles. The molecule has 0 aromatic rings. The van der Waals surface area contributed by atoms with Crippen molar-refractivity contribution in [1.29, 1.82) is 0 Å². The molecule has 0 radical (unpaired) electrons. The van der Waals surface area contributed by atoms with E-state index >= 15 is 0 Å². The van der Waals surface area contributed by atoms with Gasteiger partial charge in [0.15, 0.2) is 16.6 Å². The highest BCUT2D eigenvalue weighted by Gasteiger charge is 2.44. The normalized spacial score (nSPS) is 14.4. The van der Waals surface area contributed by atoms with E-state index in [1.54, 1.807) is 7.11 Å². The molecule has 0 aromatic carbocycles. The van der Waals surface area contributed by atoms with Crippen LogP contribution in [-0.2, 0) is 21.8 Å². The summed E-state index contributed by atoms with van der Waals surface area (Å²) >= 11 is 0. The summed E-state index contributed by atoms with van der Waals surface area (Å²) in [7, 11) is -6.09. The topological polar surface area (TPSA) is 46.2 Å². The van der Waals surface area contributed by atoms with Crippen LogP contribution in [0.5, 0.6) is 0 Å². The summed E-state index contributed by atoms with van der Waals surface area (Å²) in [6.07, 6.45) is 0.953. The Kier molecular flexibility index (Phi) is 19.0. The van der Waals surface area contributed by atoms with Crippen molar-refractivity contribution in [3.05, 3.63) is 0 Å². The van der Waals surface area contributed by atoms with Crippen molar-refractivity contribution in [2.45, 2.75) is 93.7 Å². The van der Waals surface area contributed by atoms with Gasteiger partial charge in [0.1, 0.15) is 0 Å². The predicted molar refractivity (Wildman–Crippen MR) is 131 cm³/mol. The molecule has 0 aliphatic rings. The van der Waals surface area contributed by atoms with Crippen molar-refractivity contribution in [3.63, 3.8) is 0 Å². The third-order valence-corrected chi connectivity index (χ3v) is 16.4. The molecule has 9 heteroatoms. The Labute approximate surface area is 176 Å². The molecular formula is C18H52O5Si4. The quantitative estimate of drug-likeness (QED) is 0.234. The van der Waals surface area contributed by atoms with Gasteiger partial charge in [-0.05, 0) is 71.4 Å². The number of methoxy groups -OCH3 is 1. The average molecular weight is 461 g/mol. The highest BCUT2D eigenvalue weighted by molar-refractivity contribution is 6.89. The number of hydrogen-bond donors (Lipinski definition) is 0. The van der Waals surface area contributed by atoms with Crippen molar-refractivity contribution in [3.8, 4) is 0 Å². The van der Waals surface area contributed by atoms with Crippen LogP contribution in [0.25, 0.3) is 0 Å². The van der Waals surface area contributed by atoms with Crippen LogP contribution in [0.15, 0.2) is 0 Å². The molecule has 0 amide bonds. The van der Waals surface area contributed by atoms with Crippen LogP contribution in [0.2, 0.25) is 65.0 Å². The van der Waals surface area contributed by atoms with E-state index in [-0.39, 0.29) is 22.3 Å². The standard InChI is InChI=1S/C15H40O5Si4.3CH4/c1-16-13-14-17-12-11-15-24(10,19-22(5,6)7)20-23(8,9)18-21(2,3)4;;;/h11-15H2,1-10H3;3*1H4. The summed E-state index contributed by atoms with van der Waals surface area (Å²) in [6, 6.07) is 0.940. The van der Waals surface area contributed by atoms with E-state index in [1.165, 1.54) is 0 Å². The number of rotatable bonds is 13. The van der Waals surface area contributed by atoms with Gasteiger partial charge in [0, 0.05) is 13.7 Å². The maximum atomic E-state index is 6.63. The lowest BCUT2D eigenvalue weighted by Gasteiger charge is -2.41. The second-order valence-corrected chi connectivity index (χ2v) is 25.2. The van der Waals surface area contributed by atoms with Gasteiger partial charge in [0.2, 0.25) is 0 Å². The smallest absolute Gasteiger partial charge is 0.315 e. The molecule has 0 rings (SSSR count). The van der Waals surface area contributed by atoms with Gasteiger partial charge in [0.25, 0.3) is 0 Å². The van der Waals surface area contributed by atoms with Crippen LogP contribution in [-0.4, -0.2) is 60.7 Å². The maximum absolute atomic E-state index is 6.63. The van der Waals surface area contributed by atoms with Crippen LogP contribution < -0.4 is 0 Å². The molecule has 1 unspecified atom stereocenters. The molecule has 0 bridgehead atoms. The minimum Gasteiger partial charge on any atom is -0.437 e. The summed E-state index contributed by atoms with van der Waals surface area (Å²) in [5, 5.41) is 0. The Hall–Kier alpha value is 0.668. The van der Waals surface area contributed by atoms with E-state index in [0.29, 0.717) is 13.2 Å². The Bertz CT molecular complexity index is 357. The van der Waals surface area contributed by atoms with Gasteiger partial charge >= 0.3 is 17.1 Å². The zero-order chi connectivity index (χ0) is 19.1. The molecule has 0 aromatic heterocycles. The van der Waals surface area contributed by atoms with Gasteiger partial charge in [-0.15, -0.1) is 0 Å². The van der Waals surface area contributed by atoms with E-state index in [4.69, 9.17) is 21.8 Å². The molecule has 0 fully saturated rings. The van der Waals surface area contributed by atoms with Crippen LogP contribution in [0, 0.1) is 0 Å². The van der Waals surface area contributed by atoms with Gasteiger partial charge in [-0.25, -0.2) is 0 Å². The maximum Gasteiger partial charge on any atom is 0.315 e. The van der Waals surface area contributed by atoms with Crippen molar-refractivity contribution in [2.75, 3.05) is 26.9 Å². The summed E-state index contributed by atoms with van der Waals surface area (Å²) < 4.78 is 30.1. The fraction of sp³-hybridized carbons (Fsp3) is 1.00. The molecule has 0 aliphatic carbocycles. The van der Waals surface area contributed by atoms with Gasteiger partial charge in [-0.3, -0.25) is 0 Å². The Balaban J connectivity index is -0.000000882. The molecule has 5 nitrogen and oxygen atoms in total. The molecule has 0 saturated heterocycles. The third kappa shape index (κ3) is 21.2. The Morgan fingerprint density at radius 1 is 0.593 bits per heavy atom. The lowest BCUT2D eigenvalue weighted by molar-refractivity contribution is 0.0703. The van der Waals surface area contributed by atoms with Crippen LogP contribution in [0.1, 0.15) is 28.7 Å². The van der Waals surface area contributed by atoms with Crippen molar-refractivity contribution >= 4 is 33.8 Å². The highest BCUT2D eigenvalue weighted by Crippen LogP contribution is 2.27. The van der Waals surface area contributed by atoms with E-state index in [0.717, 1.165) is 19.1 Å². The first-order valence-corrected chi connectivity index (χ1v) is 21.0. The Morgan fingerprint density at radius 3 is 1.48 bits per heavy atom. The molecular weight excluding hydrogens is 409 g/mol. The van der Waals surface area contributed by atoms with Gasteiger partial charge in [-0.1, -0.05) is 22.3 Å². The first kappa shape index (κ1) is 35.1. The third-order valence-electron chi connectivity index (χ3n) is 2.89. The zero-order valence-electron chi connectivity index (χ0n) is 17.6. The second kappa shape index (κ2) is 14.6. The van der Waals surface area contributed by atoms with Crippen molar-refractivity contribution < 1.29 is 21.8 Å². The first-order valence-electron chi connectivity index (χ1n) is 8.85. The summed E-state index contributed by atoms with van der Waals surface area (Å²) in [4.78, 5) is 0. The minimum absolute atomic E-state index is 0. The van der Waals surface area contributed by atoms with E-state index in [1.807, 2.05) is 0 Å². The SMILES string of the molecule is C.C.C.COCCOCCC[Si](C)(O[Si](C)(C)C)O[Si](C)(C)O[Si](C)(C)C. The zero-order valence-corrected chi connectivity index (χ0v) is 21.6. The fourth-order valence-corrected chi connectivity index (χ4v) is 20.7. The molecule has 0 saturated carbocycles. The summed E-state index contributed by atoms with van der Waals surface area (Å²) in [5.41, 5.74) is 0. The van der Waals surface area contributed by atoms with E-state index in [2.05, 4.69) is 58.9 Å². The molecule has 27 heavy (non-hydrogen) atoms. The van der Waals surface area contributed by atoms with E-state index in [9.17, 15) is 0 Å². The lowest BCUT2D eigenvalue weighted by atomic mass is 10.5. The predicted octanol–water partition coefficient (Wildman–Crippen LogP) is 6.44. The van der Waals surface area contributed by atoms with Crippen LogP contribution in [0.3, 0.4) is 0 Å². The summed E-state index contributed by atoms with van der Waals surface area (Å²) in [6.45, 7) is 21.8. The first-order chi connectivity index (χ1) is 10.7. The molecule has 0 heterocycles. The monoisotopic (exact) mass is 460 g/mol. The van der Waals surface area contributed by atoms with Crippen LogP contribution >= 0.6 is 0 Å². The van der Waals surface area contributed by atoms with Crippen molar-refractivity contribution in [1.82, 2.24) is 0 Å². The van der Waals surface area contributed by atoms with Crippen LogP contribution in [0.4, 0.5) is 0 Å². The Morgan fingerprint density at radius 2 is 1.07 bits per heavy atom. The fourth-order valence-electron chi connectivity index (χ4n) is 2.79.